The summed E-state index contributed by atoms with van der Waals surface area (Å²) in [5, 5.41) is 0. The van der Waals surface area contributed by atoms with Gasteiger partial charge in [0.15, 0.2) is 6.29 Å². The SMILES string of the molecule is COC(OC)c1ccc(-c2ccc3c(c2)CN(CCCOS(C)(=O)=O)C3=O)s1. The van der Waals surface area contributed by atoms with Crippen LogP contribution >= 0.6 is 11.3 Å². The van der Waals surface area contributed by atoms with Gasteiger partial charge in [-0.2, -0.15) is 8.42 Å². The molecule has 2 heterocycles. The number of thiophene rings is 1. The number of carbonyl (C=O) groups is 1. The van der Waals surface area contributed by atoms with E-state index in [0.717, 1.165) is 27.1 Å². The molecule has 1 amide bonds. The van der Waals surface area contributed by atoms with E-state index in [1.165, 1.54) is 0 Å². The molecule has 9 heteroatoms. The van der Waals surface area contributed by atoms with Crippen molar-refractivity contribution in [3.05, 3.63) is 46.3 Å². The maximum atomic E-state index is 12.5. The van der Waals surface area contributed by atoms with Crippen molar-refractivity contribution in [2.45, 2.75) is 19.3 Å². The molecule has 3 rings (SSSR count). The van der Waals surface area contributed by atoms with Crippen molar-refractivity contribution in [3.8, 4) is 10.4 Å². The normalized spacial score (nSPS) is 14.1. The van der Waals surface area contributed by atoms with E-state index < -0.39 is 10.1 Å². The fourth-order valence-electron chi connectivity index (χ4n) is 3.14. The van der Waals surface area contributed by atoms with Gasteiger partial charge in [0, 0.05) is 37.7 Å². The molecule has 0 unspecified atom stereocenters. The number of rotatable bonds is 9. The summed E-state index contributed by atoms with van der Waals surface area (Å²) in [6, 6.07) is 9.82. The number of hydrogen-bond acceptors (Lipinski definition) is 7. The molecule has 0 aliphatic carbocycles. The van der Waals surface area contributed by atoms with Crippen LogP contribution in [-0.2, 0) is 30.3 Å². The van der Waals surface area contributed by atoms with Gasteiger partial charge in [0.25, 0.3) is 16.0 Å². The summed E-state index contributed by atoms with van der Waals surface area (Å²) >= 11 is 1.59. The third-order valence-electron chi connectivity index (χ3n) is 4.43. The predicted molar refractivity (Wildman–Crippen MR) is 107 cm³/mol. The first-order valence-electron chi connectivity index (χ1n) is 8.74. The van der Waals surface area contributed by atoms with Crippen molar-refractivity contribution < 1.29 is 26.9 Å². The van der Waals surface area contributed by atoms with Gasteiger partial charge in [-0.15, -0.1) is 11.3 Å². The minimum atomic E-state index is -3.45. The fourth-order valence-corrected chi connectivity index (χ4v) is 4.62. The lowest BCUT2D eigenvalue weighted by atomic mass is 10.1. The maximum absolute atomic E-state index is 12.5. The Hall–Kier alpha value is -1.78. The van der Waals surface area contributed by atoms with Gasteiger partial charge < -0.3 is 14.4 Å². The second-order valence-electron chi connectivity index (χ2n) is 6.48. The number of benzene rings is 1. The van der Waals surface area contributed by atoms with Crippen LogP contribution in [-0.4, -0.2) is 52.9 Å². The molecule has 0 bridgehead atoms. The lowest BCUT2D eigenvalue weighted by Gasteiger charge is -2.14. The number of hydrogen-bond donors (Lipinski definition) is 0. The van der Waals surface area contributed by atoms with E-state index in [0.29, 0.717) is 25.1 Å². The Labute approximate surface area is 169 Å². The quantitative estimate of drug-likeness (QED) is 0.349. The molecular formula is C19H23NO6S2. The van der Waals surface area contributed by atoms with E-state index in [-0.39, 0.29) is 18.8 Å². The molecule has 1 aromatic heterocycles. The zero-order chi connectivity index (χ0) is 20.3. The molecule has 2 aromatic rings. The number of carbonyl (C=O) groups excluding carboxylic acids is 1. The first-order valence-corrected chi connectivity index (χ1v) is 11.4. The molecule has 152 valence electrons. The molecule has 0 radical (unpaired) electrons. The average molecular weight is 426 g/mol. The Morgan fingerprint density at radius 1 is 1.18 bits per heavy atom. The second-order valence-corrected chi connectivity index (χ2v) is 9.24. The largest absolute Gasteiger partial charge is 0.351 e. The van der Waals surface area contributed by atoms with Crippen LogP contribution in [0.1, 0.15) is 33.5 Å². The standard InChI is InChI=1S/C19H23NO6S2/c1-24-19(25-2)17-8-7-16(27-17)13-5-6-15-14(11-13)12-20(18(15)21)9-4-10-26-28(3,22)23/h5-8,11,19H,4,9-10,12H2,1-3H3. The molecule has 0 atom stereocenters. The van der Waals surface area contributed by atoms with Crippen LogP contribution in [0.5, 0.6) is 0 Å². The van der Waals surface area contributed by atoms with Gasteiger partial charge in [0.2, 0.25) is 0 Å². The minimum absolute atomic E-state index is 0.0356. The fraction of sp³-hybridized carbons (Fsp3) is 0.421. The highest BCUT2D eigenvalue weighted by atomic mass is 32.2. The van der Waals surface area contributed by atoms with Crippen LogP contribution < -0.4 is 0 Å². The number of nitrogens with zero attached hydrogens (tertiary/aromatic N) is 1. The third-order valence-corrected chi connectivity index (χ3v) is 6.18. The Morgan fingerprint density at radius 3 is 2.61 bits per heavy atom. The highest BCUT2D eigenvalue weighted by molar-refractivity contribution is 7.85. The minimum Gasteiger partial charge on any atom is -0.351 e. The van der Waals surface area contributed by atoms with Gasteiger partial charge >= 0.3 is 0 Å². The maximum Gasteiger partial charge on any atom is 0.264 e. The van der Waals surface area contributed by atoms with Crippen LogP contribution in [0.2, 0.25) is 0 Å². The molecule has 0 saturated heterocycles. The van der Waals surface area contributed by atoms with E-state index in [2.05, 4.69) is 0 Å². The zero-order valence-corrected chi connectivity index (χ0v) is 17.6. The summed E-state index contributed by atoms with van der Waals surface area (Å²) in [7, 11) is -0.249. The summed E-state index contributed by atoms with van der Waals surface area (Å²) in [6.45, 7) is 1.03. The van der Waals surface area contributed by atoms with Crippen molar-refractivity contribution >= 4 is 27.4 Å². The highest BCUT2D eigenvalue weighted by Crippen LogP contribution is 2.35. The van der Waals surface area contributed by atoms with Gasteiger partial charge in [-0.1, -0.05) is 6.07 Å². The summed E-state index contributed by atoms with van der Waals surface area (Å²) in [5.74, 6) is -0.0356. The van der Waals surface area contributed by atoms with E-state index >= 15 is 0 Å². The van der Waals surface area contributed by atoms with Gasteiger partial charge in [0.1, 0.15) is 0 Å². The molecular weight excluding hydrogens is 402 g/mol. The molecule has 0 fully saturated rings. The number of methoxy groups -OCH3 is 2. The monoisotopic (exact) mass is 425 g/mol. The smallest absolute Gasteiger partial charge is 0.264 e. The van der Waals surface area contributed by atoms with Crippen molar-refractivity contribution in [1.82, 2.24) is 4.90 Å². The molecule has 1 aromatic carbocycles. The van der Waals surface area contributed by atoms with Crippen molar-refractivity contribution in [2.75, 3.05) is 33.6 Å². The molecule has 0 N–H and O–H groups in total. The van der Waals surface area contributed by atoms with E-state index in [4.69, 9.17) is 13.7 Å². The summed E-state index contributed by atoms with van der Waals surface area (Å²) < 4.78 is 37.3. The highest BCUT2D eigenvalue weighted by Gasteiger charge is 2.27. The Morgan fingerprint density at radius 2 is 1.93 bits per heavy atom. The van der Waals surface area contributed by atoms with Gasteiger partial charge in [-0.3, -0.25) is 8.98 Å². The summed E-state index contributed by atoms with van der Waals surface area (Å²) in [5.41, 5.74) is 2.70. The van der Waals surface area contributed by atoms with Crippen LogP contribution in [0.4, 0.5) is 0 Å². The second kappa shape index (κ2) is 8.71. The third kappa shape index (κ3) is 4.79. The van der Waals surface area contributed by atoms with Crippen LogP contribution in [0, 0.1) is 0 Å². The van der Waals surface area contributed by atoms with Crippen molar-refractivity contribution in [2.24, 2.45) is 0 Å². The van der Waals surface area contributed by atoms with Gasteiger partial charge in [-0.05, 0) is 41.8 Å². The lowest BCUT2D eigenvalue weighted by molar-refractivity contribution is -0.103. The Balaban J connectivity index is 1.68. The van der Waals surface area contributed by atoms with E-state index in [1.807, 2.05) is 30.3 Å². The van der Waals surface area contributed by atoms with Crippen LogP contribution in [0.15, 0.2) is 30.3 Å². The number of amides is 1. The Kier molecular flexibility index (Phi) is 6.51. The van der Waals surface area contributed by atoms with Crippen molar-refractivity contribution in [1.29, 1.82) is 0 Å². The van der Waals surface area contributed by atoms with Gasteiger partial charge in [0.05, 0.1) is 17.7 Å². The molecule has 1 aliphatic rings. The topological polar surface area (TPSA) is 82.1 Å². The Bertz CT molecular complexity index is 949. The molecule has 28 heavy (non-hydrogen) atoms. The van der Waals surface area contributed by atoms with Crippen LogP contribution in [0.25, 0.3) is 10.4 Å². The number of ether oxygens (including phenoxy) is 2. The van der Waals surface area contributed by atoms with Crippen LogP contribution in [0.3, 0.4) is 0 Å². The molecule has 1 aliphatic heterocycles. The first-order chi connectivity index (χ1) is 13.3. The number of fused-ring (bicyclic) bond motifs is 1. The van der Waals surface area contributed by atoms with E-state index in [1.54, 1.807) is 30.5 Å². The van der Waals surface area contributed by atoms with Gasteiger partial charge in [-0.25, -0.2) is 0 Å². The molecule has 7 nitrogen and oxygen atoms in total. The molecule has 0 spiro atoms. The lowest BCUT2D eigenvalue weighted by Crippen LogP contribution is -2.26. The average Bonchev–Trinajstić information content (AvgIpc) is 3.24. The van der Waals surface area contributed by atoms with Crippen molar-refractivity contribution in [3.63, 3.8) is 0 Å². The molecule has 0 saturated carbocycles. The predicted octanol–water partition coefficient (Wildman–Crippen LogP) is 3.03. The summed E-state index contributed by atoms with van der Waals surface area (Å²) in [6.07, 6.45) is 1.09. The van der Waals surface area contributed by atoms with E-state index in [9.17, 15) is 13.2 Å². The summed E-state index contributed by atoms with van der Waals surface area (Å²) in [4.78, 5) is 16.3. The first kappa shape index (κ1) is 20.9. The zero-order valence-electron chi connectivity index (χ0n) is 16.0.